The Morgan fingerprint density at radius 2 is 1.82 bits per heavy atom. The van der Waals surface area contributed by atoms with E-state index in [1.54, 1.807) is 0 Å². The van der Waals surface area contributed by atoms with Gasteiger partial charge in [0.1, 0.15) is 0 Å². The van der Waals surface area contributed by atoms with Gasteiger partial charge in [0.2, 0.25) is 0 Å². The lowest BCUT2D eigenvalue weighted by Gasteiger charge is -2.25. The van der Waals surface area contributed by atoms with Crippen LogP contribution in [0, 0.1) is 5.92 Å². The Morgan fingerprint density at radius 1 is 1.18 bits per heavy atom. The molecule has 0 bridgehead atoms. The number of nitrogens with one attached hydrogen (secondary N) is 1. The molecule has 0 spiro atoms. The Hall–Kier alpha value is -0.250. The van der Waals surface area contributed by atoms with Gasteiger partial charge >= 0.3 is 6.18 Å². The molecule has 0 heterocycles. The van der Waals surface area contributed by atoms with Crippen LogP contribution >= 0.6 is 0 Å². The fourth-order valence-corrected chi connectivity index (χ4v) is 2.76. The molecule has 1 rings (SSSR count). The molecule has 1 atom stereocenters. The van der Waals surface area contributed by atoms with Crippen molar-refractivity contribution in [3.8, 4) is 0 Å². The Kier molecular flexibility index (Phi) is 6.31. The van der Waals surface area contributed by atoms with Crippen molar-refractivity contribution in [1.29, 1.82) is 0 Å². The van der Waals surface area contributed by atoms with Crippen molar-refractivity contribution in [2.75, 3.05) is 6.54 Å². The van der Waals surface area contributed by atoms with Crippen LogP contribution in [0.1, 0.15) is 58.3 Å². The normalized spacial score (nSPS) is 20.5. The predicted molar refractivity (Wildman–Crippen MR) is 63.9 cm³/mol. The van der Waals surface area contributed by atoms with E-state index in [1.807, 2.05) is 6.92 Å². The summed E-state index contributed by atoms with van der Waals surface area (Å²) < 4.78 is 37.1. The number of hydrogen-bond donors (Lipinski definition) is 1. The van der Waals surface area contributed by atoms with Crippen LogP contribution in [-0.4, -0.2) is 18.8 Å². The first kappa shape index (κ1) is 14.8. The Labute approximate surface area is 102 Å². The second kappa shape index (κ2) is 7.24. The van der Waals surface area contributed by atoms with Crippen LogP contribution in [-0.2, 0) is 0 Å². The monoisotopic (exact) mass is 251 g/mol. The van der Waals surface area contributed by atoms with Gasteiger partial charge in [0, 0.05) is 6.04 Å². The highest BCUT2D eigenvalue weighted by molar-refractivity contribution is 4.74. The molecule has 0 aliphatic heterocycles. The molecule has 102 valence electrons. The average molecular weight is 251 g/mol. The molecule has 1 saturated carbocycles. The van der Waals surface area contributed by atoms with Gasteiger partial charge < -0.3 is 5.32 Å². The number of rotatable bonds is 6. The first-order valence-corrected chi connectivity index (χ1v) is 6.81. The molecule has 0 aromatic heterocycles. The first-order chi connectivity index (χ1) is 8.01. The molecule has 0 amide bonds. The van der Waals surface area contributed by atoms with Gasteiger partial charge in [0.25, 0.3) is 0 Å². The molecule has 4 heteroatoms. The Bertz CT molecular complexity index is 197. The highest BCUT2D eigenvalue weighted by Crippen LogP contribution is 2.29. The van der Waals surface area contributed by atoms with Crippen molar-refractivity contribution < 1.29 is 13.2 Å². The Balaban J connectivity index is 2.27. The summed E-state index contributed by atoms with van der Waals surface area (Å²) in [6.07, 6.45) is 3.13. The summed E-state index contributed by atoms with van der Waals surface area (Å²) in [5.41, 5.74) is 0. The summed E-state index contributed by atoms with van der Waals surface area (Å²) in [7, 11) is 0. The van der Waals surface area contributed by atoms with Gasteiger partial charge in [0.05, 0.1) is 6.42 Å². The molecule has 1 aliphatic rings. The number of hydrogen-bond acceptors (Lipinski definition) is 1. The van der Waals surface area contributed by atoms with Crippen LogP contribution in [0.5, 0.6) is 0 Å². The zero-order chi connectivity index (χ0) is 12.7. The highest BCUT2D eigenvalue weighted by Gasteiger charge is 2.31. The third kappa shape index (κ3) is 6.92. The fourth-order valence-electron chi connectivity index (χ4n) is 2.76. The second-order valence-corrected chi connectivity index (χ2v) is 5.16. The predicted octanol–water partition coefficient (Wildman–Crippen LogP) is 4.28. The van der Waals surface area contributed by atoms with E-state index in [1.165, 1.54) is 32.1 Å². The van der Waals surface area contributed by atoms with Gasteiger partial charge in [-0.15, -0.1) is 0 Å². The molecule has 0 aromatic carbocycles. The van der Waals surface area contributed by atoms with Crippen LogP contribution in [0.4, 0.5) is 13.2 Å². The van der Waals surface area contributed by atoms with E-state index in [4.69, 9.17) is 0 Å². The van der Waals surface area contributed by atoms with Gasteiger partial charge in [-0.05, 0) is 25.3 Å². The van der Waals surface area contributed by atoms with E-state index in [9.17, 15) is 13.2 Å². The lowest BCUT2D eigenvalue weighted by Crippen LogP contribution is -2.34. The lowest BCUT2D eigenvalue weighted by atomic mass is 9.85. The topological polar surface area (TPSA) is 12.0 Å². The molecule has 1 aliphatic carbocycles. The van der Waals surface area contributed by atoms with Crippen LogP contribution in [0.2, 0.25) is 0 Å². The zero-order valence-electron chi connectivity index (χ0n) is 10.7. The molecule has 0 aromatic rings. The van der Waals surface area contributed by atoms with Crippen LogP contribution in [0.15, 0.2) is 0 Å². The third-order valence-electron chi connectivity index (χ3n) is 3.62. The van der Waals surface area contributed by atoms with Crippen molar-refractivity contribution in [2.24, 2.45) is 5.92 Å². The number of halogens is 3. The van der Waals surface area contributed by atoms with E-state index in [0.717, 1.165) is 6.42 Å². The third-order valence-corrected chi connectivity index (χ3v) is 3.62. The van der Waals surface area contributed by atoms with E-state index in [2.05, 4.69) is 5.32 Å². The maximum Gasteiger partial charge on any atom is 0.390 e. The van der Waals surface area contributed by atoms with Crippen molar-refractivity contribution in [1.82, 2.24) is 5.32 Å². The smallest absolute Gasteiger partial charge is 0.314 e. The summed E-state index contributed by atoms with van der Waals surface area (Å²) in [4.78, 5) is 0. The van der Waals surface area contributed by atoms with Crippen LogP contribution < -0.4 is 5.32 Å². The van der Waals surface area contributed by atoms with Crippen LogP contribution in [0.3, 0.4) is 0 Å². The van der Waals surface area contributed by atoms with Crippen molar-refractivity contribution in [3.63, 3.8) is 0 Å². The SMILES string of the molecule is CCNC(CCC1CCCCC1)CC(F)(F)F. The Morgan fingerprint density at radius 3 is 2.35 bits per heavy atom. The number of alkyl halides is 3. The van der Waals surface area contributed by atoms with Crippen molar-refractivity contribution >= 4 is 0 Å². The minimum atomic E-state index is -4.04. The summed E-state index contributed by atoms with van der Waals surface area (Å²) in [6, 6.07) is -0.387. The highest BCUT2D eigenvalue weighted by atomic mass is 19.4. The van der Waals surface area contributed by atoms with Crippen molar-refractivity contribution in [2.45, 2.75) is 70.5 Å². The average Bonchev–Trinajstić information content (AvgIpc) is 2.26. The largest absolute Gasteiger partial charge is 0.390 e. The second-order valence-electron chi connectivity index (χ2n) is 5.16. The quantitative estimate of drug-likeness (QED) is 0.743. The molecular weight excluding hydrogens is 227 g/mol. The van der Waals surface area contributed by atoms with Gasteiger partial charge in [-0.3, -0.25) is 0 Å². The maximum atomic E-state index is 12.4. The minimum Gasteiger partial charge on any atom is -0.314 e. The molecule has 1 fully saturated rings. The maximum absolute atomic E-state index is 12.4. The molecule has 0 saturated heterocycles. The van der Waals surface area contributed by atoms with E-state index in [0.29, 0.717) is 18.9 Å². The lowest BCUT2D eigenvalue weighted by molar-refractivity contribution is -0.140. The van der Waals surface area contributed by atoms with E-state index >= 15 is 0 Å². The molecular formula is C13H24F3N. The minimum absolute atomic E-state index is 0.387. The summed E-state index contributed by atoms with van der Waals surface area (Å²) in [6.45, 7) is 2.48. The molecule has 1 N–H and O–H groups in total. The summed E-state index contributed by atoms with van der Waals surface area (Å²) in [5, 5.41) is 2.96. The van der Waals surface area contributed by atoms with Gasteiger partial charge in [-0.1, -0.05) is 39.0 Å². The molecule has 17 heavy (non-hydrogen) atoms. The molecule has 0 radical (unpaired) electrons. The van der Waals surface area contributed by atoms with Gasteiger partial charge in [0.15, 0.2) is 0 Å². The standard InChI is InChI=1S/C13H24F3N/c1-2-17-12(10-13(14,15)16)9-8-11-6-4-3-5-7-11/h11-12,17H,2-10H2,1H3. The van der Waals surface area contributed by atoms with E-state index < -0.39 is 12.6 Å². The summed E-state index contributed by atoms with van der Waals surface area (Å²) in [5.74, 6) is 0.665. The van der Waals surface area contributed by atoms with Gasteiger partial charge in [-0.25, -0.2) is 0 Å². The van der Waals surface area contributed by atoms with Crippen molar-refractivity contribution in [3.05, 3.63) is 0 Å². The molecule has 1 unspecified atom stereocenters. The fraction of sp³-hybridized carbons (Fsp3) is 1.00. The zero-order valence-corrected chi connectivity index (χ0v) is 10.7. The van der Waals surface area contributed by atoms with E-state index in [-0.39, 0.29) is 6.04 Å². The van der Waals surface area contributed by atoms with Crippen LogP contribution in [0.25, 0.3) is 0 Å². The summed E-state index contributed by atoms with van der Waals surface area (Å²) >= 11 is 0. The first-order valence-electron chi connectivity index (χ1n) is 6.81. The molecule has 1 nitrogen and oxygen atoms in total. The van der Waals surface area contributed by atoms with Gasteiger partial charge in [-0.2, -0.15) is 13.2 Å².